The van der Waals surface area contributed by atoms with E-state index in [4.69, 9.17) is 4.74 Å². The summed E-state index contributed by atoms with van der Waals surface area (Å²) in [6.07, 6.45) is -0.394. The van der Waals surface area contributed by atoms with Crippen LogP contribution in [0, 0.1) is 0 Å². The van der Waals surface area contributed by atoms with Crippen LogP contribution >= 0.6 is 0 Å². The van der Waals surface area contributed by atoms with Crippen LogP contribution in [0.5, 0.6) is 11.5 Å². The number of fused-ring (bicyclic) bond motifs is 4. The highest BCUT2D eigenvalue weighted by Gasteiger charge is 2.48. The van der Waals surface area contributed by atoms with E-state index in [9.17, 15) is 20.5 Å². The number of phenolic OH excluding ortho intramolecular Hbond substituents is 2. The number of rotatable bonds is 1. The van der Waals surface area contributed by atoms with Crippen LogP contribution in [0.2, 0.25) is 0 Å². The van der Waals surface area contributed by atoms with E-state index in [1.807, 2.05) is 12.1 Å². The molecule has 2 aromatic rings. The third-order valence-corrected chi connectivity index (χ3v) is 6.09. The highest BCUT2D eigenvalue weighted by atomic mass is 16.5. The Morgan fingerprint density at radius 1 is 1.04 bits per heavy atom. The van der Waals surface area contributed by atoms with Crippen LogP contribution < -0.4 is 0 Å². The van der Waals surface area contributed by atoms with Crippen molar-refractivity contribution in [3.05, 3.63) is 58.1 Å². The molecule has 3 atom stereocenters. The molecule has 0 saturated heterocycles. The average molecular weight is 365 g/mol. The summed E-state index contributed by atoms with van der Waals surface area (Å²) in [5.41, 5.74) is 6.14. The van der Waals surface area contributed by atoms with E-state index >= 15 is 0 Å². The summed E-state index contributed by atoms with van der Waals surface area (Å²) in [6.45, 7) is 0. The predicted molar refractivity (Wildman–Crippen MR) is 99.1 cm³/mol. The number of ether oxygens (including phenoxy) is 1. The first kappa shape index (κ1) is 16.4. The average Bonchev–Trinajstić information content (AvgIpc) is 3.00. The smallest absolute Gasteiger partial charge is 0.125 e. The predicted octanol–water partition coefficient (Wildman–Crippen LogP) is 3.14. The zero-order valence-corrected chi connectivity index (χ0v) is 14.7. The molecule has 2 aromatic carbocycles. The fraction of sp³-hybridized carbons (Fsp3) is 0.286. The number of oxime groups is 1. The largest absolute Gasteiger partial charge is 0.508 e. The molecule has 3 aliphatic carbocycles. The van der Waals surface area contributed by atoms with Gasteiger partial charge in [0, 0.05) is 24.2 Å². The second kappa shape index (κ2) is 5.58. The fourth-order valence-corrected chi connectivity index (χ4v) is 5.07. The molecule has 0 aromatic heterocycles. The van der Waals surface area contributed by atoms with Gasteiger partial charge in [-0.2, -0.15) is 0 Å². The van der Waals surface area contributed by atoms with Gasteiger partial charge in [-0.3, -0.25) is 0 Å². The Morgan fingerprint density at radius 2 is 1.85 bits per heavy atom. The lowest BCUT2D eigenvalue weighted by Crippen LogP contribution is -2.33. The summed E-state index contributed by atoms with van der Waals surface area (Å²) in [5.74, 6) is -0.105. The number of aliphatic hydroxyl groups excluding tert-OH is 1. The van der Waals surface area contributed by atoms with Gasteiger partial charge in [-0.05, 0) is 52.8 Å². The Labute approximate surface area is 155 Å². The minimum atomic E-state index is -0.976. The maximum atomic E-state index is 11.0. The van der Waals surface area contributed by atoms with Crippen molar-refractivity contribution in [2.24, 2.45) is 5.16 Å². The fourth-order valence-electron chi connectivity index (χ4n) is 5.07. The molecule has 6 nitrogen and oxygen atoms in total. The molecule has 0 bridgehead atoms. The highest BCUT2D eigenvalue weighted by Crippen LogP contribution is 2.60. The van der Waals surface area contributed by atoms with Crippen LogP contribution in [-0.2, 0) is 4.74 Å². The second-order valence-electron chi connectivity index (χ2n) is 7.22. The topological polar surface area (TPSA) is 103 Å². The molecule has 0 saturated carbocycles. The van der Waals surface area contributed by atoms with Crippen LogP contribution in [0.1, 0.15) is 52.7 Å². The van der Waals surface area contributed by atoms with Crippen molar-refractivity contribution in [2.45, 2.75) is 31.0 Å². The summed E-state index contributed by atoms with van der Waals surface area (Å²) < 4.78 is 5.69. The number of phenols is 2. The highest BCUT2D eigenvalue weighted by molar-refractivity contribution is 6.15. The Kier molecular flexibility index (Phi) is 3.38. The normalized spacial score (nSPS) is 26.7. The van der Waals surface area contributed by atoms with Gasteiger partial charge in [-0.25, -0.2) is 0 Å². The standard InChI is InChI=1S/C21H19NO5/c1-27-21-18-11-6-8-14(24)19-12(22-26)7-5-10(16(11)19)15(18)9-3-2-4-13(23)17(9)20(21)25/h2-4,6,8,18,20-21,23-26H,5,7H2,1H3/b22-12+/t18?,20-,21+/m0/s1. The third-order valence-electron chi connectivity index (χ3n) is 6.09. The first-order chi connectivity index (χ1) is 13.1. The molecule has 1 unspecified atom stereocenters. The van der Waals surface area contributed by atoms with Gasteiger partial charge in [-0.15, -0.1) is 0 Å². The Balaban J connectivity index is 1.89. The van der Waals surface area contributed by atoms with E-state index in [2.05, 4.69) is 5.16 Å². The molecule has 3 aliphatic rings. The lowest BCUT2D eigenvalue weighted by atomic mass is 9.74. The van der Waals surface area contributed by atoms with Crippen molar-refractivity contribution in [2.75, 3.05) is 7.11 Å². The van der Waals surface area contributed by atoms with Crippen LogP contribution in [-0.4, -0.2) is 39.5 Å². The summed E-state index contributed by atoms with van der Waals surface area (Å²) in [4.78, 5) is 0. The lowest BCUT2D eigenvalue weighted by Gasteiger charge is -2.37. The third kappa shape index (κ3) is 1.94. The maximum Gasteiger partial charge on any atom is 0.125 e. The van der Waals surface area contributed by atoms with Crippen LogP contribution in [0.15, 0.2) is 35.5 Å². The summed E-state index contributed by atoms with van der Waals surface area (Å²) in [7, 11) is 1.55. The minimum absolute atomic E-state index is 0.0426. The molecule has 0 fully saturated rings. The minimum Gasteiger partial charge on any atom is -0.508 e. The number of benzene rings is 2. The molecule has 0 heterocycles. The lowest BCUT2D eigenvalue weighted by molar-refractivity contribution is -0.0234. The zero-order chi connectivity index (χ0) is 18.9. The summed E-state index contributed by atoms with van der Waals surface area (Å²) in [6, 6.07) is 8.68. The van der Waals surface area contributed by atoms with E-state index in [0.717, 1.165) is 27.8 Å². The quantitative estimate of drug-likeness (QED) is 0.459. The van der Waals surface area contributed by atoms with Crippen molar-refractivity contribution >= 4 is 16.9 Å². The van der Waals surface area contributed by atoms with Gasteiger partial charge < -0.3 is 25.3 Å². The monoisotopic (exact) mass is 365 g/mol. The molecular weight excluding hydrogens is 346 g/mol. The molecule has 0 aliphatic heterocycles. The molecule has 27 heavy (non-hydrogen) atoms. The van der Waals surface area contributed by atoms with E-state index in [1.54, 1.807) is 25.3 Å². The number of methoxy groups -OCH3 is 1. The molecule has 4 N–H and O–H groups in total. The first-order valence-corrected chi connectivity index (χ1v) is 8.92. The van der Waals surface area contributed by atoms with Crippen molar-refractivity contribution in [3.8, 4) is 11.5 Å². The van der Waals surface area contributed by atoms with Crippen LogP contribution in [0.4, 0.5) is 0 Å². The SMILES string of the molecule is CO[C@@H]1C2C(=C3CC/C(=N\O)c4c(O)ccc2c43)c2cccc(O)c2[C@@H]1O. The Hall–Kier alpha value is -2.83. The molecule has 6 heteroatoms. The van der Waals surface area contributed by atoms with Crippen molar-refractivity contribution in [1.82, 2.24) is 0 Å². The van der Waals surface area contributed by atoms with Gasteiger partial charge in [0.25, 0.3) is 0 Å². The van der Waals surface area contributed by atoms with Crippen LogP contribution in [0.3, 0.4) is 0 Å². The second-order valence-corrected chi connectivity index (χ2v) is 7.22. The number of aromatic hydroxyl groups is 2. The maximum absolute atomic E-state index is 11.0. The van der Waals surface area contributed by atoms with Gasteiger partial charge >= 0.3 is 0 Å². The number of hydrogen-bond donors (Lipinski definition) is 4. The van der Waals surface area contributed by atoms with E-state index in [-0.39, 0.29) is 17.4 Å². The van der Waals surface area contributed by atoms with E-state index in [1.165, 1.54) is 0 Å². The molecule has 0 amide bonds. The summed E-state index contributed by atoms with van der Waals surface area (Å²) >= 11 is 0. The van der Waals surface area contributed by atoms with E-state index < -0.39 is 12.2 Å². The van der Waals surface area contributed by atoms with Gasteiger partial charge in [0.05, 0.1) is 11.8 Å². The number of aliphatic hydroxyl groups is 1. The van der Waals surface area contributed by atoms with Crippen molar-refractivity contribution < 1.29 is 25.3 Å². The van der Waals surface area contributed by atoms with Crippen molar-refractivity contribution in [3.63, 3.8) is 0 Å². The Morgan fingerprint density at radius 3 is 2.59 bits per heavy atom. The molecule has 138 valence electrons. The molecule has 0 radical (unpaired) electrons. The number of nitrogens with zero attached hydrogens (tertiary/aromatic N) is 1. The number of allylic oxidation sites excluding steroid dienone is 1. The van der Waals surface area contributed by atoms with Gasteiger partial charge in [0.1, 0.15) is 17.6 Å². The van der Waals surface area contributed by atoms with Gasteiger partial charge in [0.15, 0.2) is 0 Å². The van der Waals surface area contributed by atoms with E-state index in [0.29, 0.717) is 29.7 Å². The molecule has 5 rings (SSSR count). The summed E-state index contributed by atoms with van der Waals surface area (Å²) in [5, 5.41) is 44.6. The van der Waals surface area contributed by atoms with Gasteiger partial charge in [0.2, 0.25) is 0 Å². The van der Waals surface area contributed by atoms with Gasteiger partial charge in [-0.1, -0.05) is 23.4 Å². The first-order valence-electron chi connectivity index (χ1n) is 8.92. The Bertz CT molecular complexity index is 1040. The zero-order valence-electron chi connectivity index (χ0n) is 14.7. The molecule has 0 spiro atoms. The van der Waals surface area contributed by atoms with Crippen molar-refractivity contribution in [1.29, 1.82) is 0 Å². The number of hydrogen-bond acceptors (Lipinski definition) is 6. The molecular formula is C21H19NO5. The van der Waals surface area contributed by atoms with Crippen LogP contribution in [0.25, 0.3) is 11.1 Å².